The van der Waals surface area contributed by atoms with E-state index in [4.69, 9.17) is 10.5 Å². The van der Waals surface area contributed by atoms with Gasteiger partial charge >= 0.3 is 12.0 Å². The van der Waals surface area contributed by atoms with Crippen LogP contribution in [0.5, 0.6) is 0 Å². The topological polar surface area (TPSA) is 177 Å². The van der Waals surface area contributed by atoms with Crippen LogP contribution < -0.4 is 21.7 Å². The molecule has 1 heterocycles. The maximum Gasteiger partial charge on any atom is 0.333 e. The smallest absolute Gasteiger partial charge is 0.333 e. The second kappa shape index (κ2) is 13.3. The first kappa shape index (κ1) is 35.9. The van der Waals surface area contributed by atoms with Crippen LogP contribution in [0.2, 0.25) is 0 Å². The minimum absolute atomic E-state index is 0.0446. The first-order valence-electron chi connectivity index (χ1n) is 16.5. The number of hydrogen-bond acceptors (Lipinski definition) is 7. The normalized spacial score (nSPS) is 23.7. The number of rotatable bonds is 11. The van der Waals surface area contributed by atoms with E-state index >= 15 is 0 Å². The number of hydrogen-bond donors (Lipinski definition) is 4. The fraction of sp³-hybridized carbons (Fsp3) is 0.657. The third-order valence-corrected chi connectivity index (χ3v) is 9.87. The van der Waals surface area contributed by atoms with E-state index in [2.05, 4.69) is 16.0 Å². The van der Waals surface area contributed by atoms with Crippen molar-refractivity contribution in [2.75, 3.05) is 6.54 Å². The molecule has 1 aromatic carbocycles. The number of esters is 1. The van der Waals surface area contributed by atoms with Gasteiger partial charge in [0.1, 0.15) is 17.7 Å². The summed E-state index contributed by atoms with van der Waals surface area (Å²) in [6, 6.07) is 3.74. The lowest BCUT2D eigenvalue weighted by Crippen LogP contribution is -2.61. The largest absolute Gasteiger partial charge is 0.458 e. The lowest BCUT2D eigenvalue weighted by Gasteiger charge is -2.38. The van der Waals surface area contributed by atoms with Gasteiger partial charge in [0, 0.05) is 6.54 Å². The van der Waals surface area contributed by atoms with E-state index in [-0.39, 0.29) is 23.2 Å². The molecule has 2 unspecified atom stereocenters. The van der Waals surface area contributed by atoms with Gasteiger partial charge in [-0.1, -0.05) is 84.2 Å². The zero-order valence-corrected chi connectivity index (χ0v) is 28.8. The lowest BCUT2D eigenvalue weighted by atomic mass is 9.80. The number of likely N-dealkylation sites (tertiary alicyclic amines) is 1. The Morgan fingerprint density at radius 2 is 1.57 bits per heavy atom. The highest BCUT2D eigenvalue weighted by molar-refractivity contribution is 6.37. The van der Waals surface area contributed by atoms with Crippen LogP contribution in [0, 0.1) is 28.6 Å². The van der Waals surface area contributed by atoms with Crippen molar-refractivity contribution < 1.29 is 33.5 Å². The minimum atomic E-state index is -1.14. The van der Waals surface area contributed by atoms with Crippen molar-refractivity contribution in [2.24, 2.45) is 34.3 Å². The van der Waals surface area contributed by atoms with E-state index in [1.54, 1.807) is 71.9 Å². The Morgan fingerprint density at radius 1 is 0.957 bits per heavy atom. The van der Waals surface area contributed by atoms with E-state index in [0.29, 0.717) is 18.5 Å². The molecule has 0 bridgehead atoms. The monoisotopic (exact) mass is 653 g/mol. The SMILES string of the molecule is CC(C)(C)OC(=O)[C@H](NC(=O)N[C@H](C(=O)N1C[C@H]2C([C@H]1C(=O)NC(CC1CCC1)C(=O)C(N)=O)C2(C)C)C(C)(C)C)c1ccccc1. The Hall–Kier alpha value is -3.96. The van der Waals surface area contributed by atoms with E-state index in [9.17, 15) is 28.8 Å². The van der Waals surface area contributed by atoms with Crippen LogP contribution in [0.4, 0.5) is 4.79 Å². The number of ether oxygens (including phenoxy) is 1. The number of nitrogens with one attached hydrogen (secondary N) is 3. The van der Waals surface area contributed by atoms with E-state index in [1.165, 1.54) is 4.90 Å². The first-order chi connectivity index (χ1) is 21.7. The standard InChI is InChI=1S/C35H51N5O7/c1-33(2,3)27(39-32(46)38-24(20-15-10-9-11-16-20)31(45)47-34(4,5)6)30(44)40-18-21-23(35(21,7)8)25(40)29(43)37-22(26(41)28(36)42)17-19-13-12-14-19/h9-11,15-16,19,21-25,27H,12-14,17-18H2,1-8H3,(H2,36,42)(H,37,43)(H2,38,39,46)/t21-,22?,23?,24+,25-,27+/m0/s1. The third-order valence-electron chi connectivity index (χ3n) is 9.87. The van der Waals surface area contributed by atoms with Crippen LogP contribution in [0.1, 0.15) is 92.7 Å². The number of urea groups is 1. The predicted molar refractivity (Wildman–Crippen MR) is 174 cm³/mol. The van der Waals surface area contributed by atoms with Crippen molar-refractivity contribution in [1.29, 1.82) is 0 Å². The predicted octanol–water partition coefficient (Wildman–Crippen LogP) is 3.00. The Kier molecular flexibility index (Phi) is 10.1. The van der Waals surface area contributed by atoms with E-state index in [0.717, 1.165) is 19.3 Å². The van der Waals surface area contributed by atoms with Gasteiger partial charge in [-0.15, -0.1) is 0 Å². The van der Waals surface area contributed by atoms with Crippen LogP contribution in [0.25, 0.3) is 0 Å². The summed E-state index contributed by atoms with van der Waals surface area (Å²) in [4.78, 5) is 81.0. The molecule has 1 aliphatic heterocycles. The summed E-state index contributed by atoms with van der Waals surface area (Å²) in [7, 11) is 0. The molecule has 12 heteroatoms. The summed E-state index contributed by atoms with van der Waals surface area (Å²) < 4.78 is 5.58. The van der Waals surface area contributed by atoms with Crippen LogP contribution in [-0.4, -0.2) is 70.7 Å². The number of benzene rings is 1. The van der Waals surface area contributed by atoms with Gasteiger partial charge in [0.2, 0.25) is 17.6 Å². The van der Waals surface area contributed by atoms with Crippen LogP contribution in [0.3, 0.4) is 0 Å². The quantitative estimate of drug-likeness (QED) is 0.210. The summed E-state index contributed by atoms with van der Waals surface area (Å²) in [5.74, 6) is -3.49. The maximum atomic E-state index is 14.3. The fourth-order valence-corrected chi connectivity index (χ4v) is 6.94. The average molecular weight is 654 g/mol. The van der Waals surface area contributed by atoms with Crippen molar-refractivity contribution in [1.82, 2.24) is 20.9 Å². The highest BCUT2D eigenvalue weighted by Crippen LogP contribution is 2.65. The average Bonchev–Trinajstić information content (AvgIpc) is 3.25. The molecular formula is C35H51N5O7. The third kappa shape index (κ3) is 8.13. The zero-order valence-electron chi connectivity index (χ0n) is 28.8. The highest BCUT2D eigenvalue weighted by atomic mass is 16.6. The Bertz CT molecular complexity index is 1390. The van der Waals surface area contributed by atoms with Gasteiger partial charge in [-0.2, -0.15) is 0 Å². The van der Waals surface area contributed by atoms with Crippen molar-refractivity contribution in [3.05, 3.63) is 35.9 Å². The van der Waals surface area contributed by atoms with E-state index < -0.39 is 70.7 Å². The molecule has 1 saturated heterocycles. The number of nitrogens with zero attached hydrogens (tertiary/aromatic N) is 1. The van der Waals surface area contributed by atoms with Gasteiger partial charge in [-0.3, -0.25) is 19.2 Å². The number of Topliss-reactive ketones (excluding diaryl/α,β-unsaturated/α-hetero) is 1. The summed E-state index contributed by atoms with van der Waals surface area (Å²) in [6.07, 6.45) is 3.16. The Balaban J connectivity index is 1.55. The molecule has 6 atom stereocenters. The van der Waals surface area contributed by atoms with Crippen molar-refractivity contribution in [3.63, 3.8) is 0 Å². The molecule has 258 valence electrons. The molecule has 2 aliphatic carbocycles. The van der Waals surface area contributed by atoms with Gasteiger partial charge in [0.15, 0.2) is 6.04 Å². The molecule has 5 amide bonds. The molecule has 0 spiro atoms. The van der Waals surface area contributed by atoms with E-state index in [1.807, 2.05) is 13.8 Å². The maximum absolute atomic E-state index is 14.3. The lowest BCUT2D eigenvalue weighted by molar-refractivity contribution is -0.157. The minimum Gasteiger partial charge on any atom is -0.458 e. The summed E-state index contributed by atoms with van der Waals surface area (Å²) in [6.45, 7) is 15.0. The fourth-order valence-electron chi connectivity index (χ4n) is 6.94. The van der Waals surface area contributed by atoms with Crippen molar-refractivity contribution in [2.45, 2.75) is 111 Å². The van der Waals surface area contributed by atoms with Gasteiger partial charge in [-0.05, 0) is 61.3 Å². The Morgan fingerprint density at radius 3 is 2.09 bits per heavy atom. The molecule has 0 aromatic heterocycles. The number of fused-ring (bicyclic) bond motifs is 1. The summed E-state index contributed by atoms with van der Waals surface area (Å²) >= 11 is 0. The number of nitrogens with two attached hydrogens (primary N) is 1. The Labute approximate surface area is 277 Å². The number of carbonyl (C=O) groups excluding carboxylic acids is 6. The van der Waals surface area contributed by atoms with Crippen LogP contribution in [-0.2, 0) is 28.7 Å². The molecule has 12 nitrogen and oxygen atoms in total. The number of ketones is 1. The van der Waals surface area contributed by atoms with Gasteiger partial charge in [0.25, 0.3) is 5.91 Å². The second-order valence-corrected chi connectivity index (χ2v) is 16.0. The van der Waals surface area contributed by atoms with Gasteiger partial charge in [-0.25, -0.2) is 9.59 Å². The van der Waals surface area contributed by atoms with Crippen LogP contribution in [0.15, 0.2) is 30.3 Å². The molecule has 0 radical (unpaired) electrons. The molecule has 47 heavy (non-hydrogen) atoms. The van der Waals surface area contributed by atoms with Gasteiger partial charge < -0.3 is 31.3 Å². The number of carbonyl (C=O) groups is 6. The van der Waals surface area contributed by atoms with Gasteiger partial charge in [0.05, 0.1) is 6.04 Å². The molecule has 2 saturated carbocycles. The van der Waals surface area contributed by atoms with Crippen molar-refractivity contribution >= 4 is 35.5 Å². The molecule has 3 aliphatic rings. The summed E-state index contributed by atoms with van der Waals surface area (Å²) in [5.41, 5.74) is 4.03. The number of primary amides is 1. The second-order valence-electron chi connectivity index (χ2n) is 16.0. The molecular weight excluding hydrogens is 602 g/mol. The van der Waals surface area contributed by atoms with Crippen LogP contribution >= 0.6 is 0 Å². The van der Waals surface area contributed by atoms with Crippen molar-refractivity contribution in [3.8, 4) is 0 Å². The highest BCUT2D eigenvalue weighted by Gasteiger charge is 2.70. The molecule has 1 aromatic rings. The molecule has 3 fully saturated rings. The first-order valence-corrected chi connectivity index (χ1v) is 16.5. The number of piperidine rings is 1. The molecule has 4 rings (SSSR count). The molecule has 5 N–H and O–H groups in total. The summed E-state index contributed by atoms with van der Waals surface area (Å²) in [5, 5.41) is 8.25. The number of amides is 5. The zero-order chi connectivity index (χ0) is 35.1.